The number of nitrogens with two attached hydrogens (primary N) is 1. The molecule has 2 aromatic carbocycles. The van der Waals surface area contributed by atoms with E-state index in [1.165, 1.54) is 31.2 Å². The van der Waals surface area contributed by atoms with E-state index in [9.17, 15) is 35.5 Å². The van der Waals surface area contributed by atoms with Gasteiger partial charge in [0.2, 0.25) is 0 Å². The second-order valence-corrected chi connectivity index (χ2v) is 10.5. The number of hydrogen-bond donors (Lipinski definition) is 2. The fourth-order valence-electron chi connectivity index (χ4n) is 4.16. The molecular formula is C27H31F7N4O4. The monoisotopic (exact) mass is 608 g/mol. The highest BCUT2D eigenvalue weighted by Crippen LogP contribution is 2.39. The summed E-state index contributed by atoms with van der Waals surface area (Å²) in [5.74, 6) is -0.603. The third-order valence-corrected chi connectivity index (χ3v) is 6.00. The van der Waals surface area contributed by atoms with Gasteiger partial charge in [0.05, 0.1) is 36.4 Å². The van der Waals surface area contributed by atoms with E-state index in [4.69, 9.17) is 19.9 Å². The van der Waals surface area contributed by atoms with E-state index < -0.39 is 59.4 Å². The van der Waals surface area contributed by atoms with Gasteiger partial charge in [-0.1, -0.05) is 12.1 Å². The fourth-order valence-corrected chi connectivity index (χ4v) is 4.16. The summed E-state index contributed by atoms with van der Waals surface area (Å²) >= 11 is 0. The molecule has 1 fully saturated rings. The highest BCUT2D eigenvalue weighted by atomic mass is 19.4. The normalized spacial score (nSPS) is 19.8. The minimum atomic E-state index is -5.03. The van der Waals surface area contributed by atoms with Crippen molar-refractivity contribution in [1.82, 2.24) is 10.3 Å². The Bertz CT molecular complexity index is 1230. The molecule has 2 aromatic rings. The summed E-state index contributed by atoms with van der Waals surface area (Å²) < 4.78 is 111. The molecule has 1 heterocycles. The van der Waals surface area contributed by atoms with Gasteiger partial charge in [0.25, 0.3) is 0 Å². The van der Waals surface area contributed by atoms with Gasteiger partial charge in [-0.3, -0.25) is 4.90 Å². The molecule has 1 amide bonds. The minimum absolute atomic E-state index is 0.0316. The van der Waals surface area contributed by atoms with Gasteiger partial charge in [0, 0.05) is 6.54 Å². The topological polar surface area (TPSA) is 98.4 Å². The van der Waals surface area contributed by atoms with E-state index in [1.807, 2.05) is 0 Å². The predicted molar refractivity (Wildman–Crippen MR) is 137 cm³/mol. The second-order valence-electron chi connectivity index (χ2n) is 10.5. The highest BCUT2D eigenvalue weighted by Gasteiger charge is 2.39. The number of morpholine rings is 1. The summed E-state index contributed by atoms with van der Waals surface area (Å²) in [6.07, 6.45) is -13.4. The number of hydrogen-bond acceptors (Lipinski definition) is 6. The molecule has 3 atom stereocenters. The fraction of sp³-hybridized carbons (Fsp3) is 0.481. The Morgan fingerprint density at radius 3 is 2.17 bits per heavy atom. The third-order valence-electron chi connectivity index (χ3n) is 6.00. The van der Waals surface area contributed by atoms with Crippen LogP contribution in [0.2, 0.25) is 0 Å². The lowest BCUT2D eigenvalue weighted by Gasteiger charge is -2.41. The van der Waals surface area contributed by atoms with Crippen molar-refractivity contribution < 1.29 is 49.7 Å². The van der Waals surface area contributed by atoms with E-state index in [-0.39, 0.29) is 37.2 Å². The van der Waals surface area contributed by atoms with Crippen LogP contribution in [0.3, 0.4) is 0 Å². The van der Waals surface area contributed by atoms with Gasteiger partial charge in [0.1, 0.15) is 17.3 Å². The number of benzene rings is 2. The maximum absolute atomic E-state index is 13.7. The first-order valence-corrected chi connectivity index (χ1v) is 12.7. The van der Waals surface area contributed by atoms with Crippen LogP contribution in [0.25, 0.3) is 0 Å². The van der Waals surface area contributed by atoms with Crippen LogP contribution in [-0.4, -0.2) is 48.4 Å². The Balaban J connectivity index is 1.89. The summed E-state index contributed by atoms with van der Waals surface area (Å²) in [6.45, 7) is 6.47. The van der Waals surface area contributed by atoms with Crippen LogP contribution in [0.4, 0.5) is 35.5 Å². The van der Waals surface area contributed by atoms with Gasteiger partial charge in [-0.25, -0.2) is 14.6 Å². The van der Waals surface area contributed by atoms with Crippen LogP contribution >= 0.6 is 0 Å². The lowest BCUT2D eigenvalue weighted by Crippen LogP contribution is -2.49. The molecule has 0 saturated carbocycles. The highest BCUT2D eigenvalue weighted by molar-refractivity contribution is 5.83. The number of nitrogens with zero attached hydrogens (tertiary/aromatic N) is 2. The number of carbonyl (C=O) groups excluding carboxylic acids is 1. The maximum atomic E-state index is 13.7. The van der Waals surface area contributed by atoms with E-state index in [1.54, 1.807) is 25.7 Å². The van der Waals surface area contributed by atoms with Crippen molar-refractivity contribution in [3.05, 3.63) is 70.5 Å². The van der Waals surface area contributed by atoms with Crippen LogP contribution in [0, 0.1) is 5.82 Å². The van der Waals surface area contributed by atoms with Crippen LogP contribution in [0.1, 0.15) is 62.1 Å². The Morgan fingerprint density at radius 1 is 1.07 bits per heavy atom. The second kappa shape index (κ2) is 12.8. The molecule has 8 nitrogen and oxygen atoms in total. The summed E-state index contributed by atoms with van der Waals surface area (Å²) in [4.78, 5) is 13.6. The number of ether oxygens (including phenoxy) is 3. The molecule has 15 heteroatoms. The predicted octanol–water partition coefficient (Wildman–Crippen LogP) is 6.14. The molecule has 3 N–H and O–H groups in total. The maximum Gasteiger partial charge on any atom is 0.428 e. The smallest absolute Gasteiger partial charge is 0.428 e. The van der Waals surface area contributed by atoms with Crippen molar-refractivity contribution >= 4 is 11.9 Å². The van der Waals surface area contributed by atoms with Crippen LogP contribution in [0.5, 0.6) is 0 Å². The zero-order valence-corrected chi connectivity index (χ0v) is 23.1. The Labute approximate surface area is 237 Å². The van der Waals surface area contributed by atoms with Gasteiger partial charge in [0.15, 0.2) is 6.29 Å². The van der Waals surface area contributed by atoms with Crippen molar-refractivity contribution in [3.63, 3.8) is 0 Å². The van der Waals surface area contributed by atoms with E-state index >= 15 is 0 Å². The molecule has 1 saturated heterocycles. The molecule has 1 aliphatic rings. The number of hydrazone groups is 1. The van der Waals surface area contributed by atoms with Gasteiger partial charge in [-0.2, -0.15) is 31.4 Å². The molecule has 0 spiro atoms. The quantitative estimate of drug-likeness (QED) is 0.170. The number of rotatable bonds is 7. The Hall–Kier alpha value is -3.43. The molecule has 0 unspecified atom stereocenters. The molecular weight excluding hydrogens is 577 g/mol. The number of carbonyl (C=O) groups is 1. The van der Waals surface area contributed by atoms with E-state index in [0.717, 1.165) is 0 Å². The molecule has 1 aliphatic heterocycles. The Morgan fingerprint density at radius 2 is 1.64 bits per heavy atom. The summed E-state index contributed by atoms with van der Waals surface area (Å²) in [7, 11) is 0. The average molecular weight is 609 g/mol. The summed E-state index contributed by atoms with van der Waals surface area (Å²) in [6, 6.07) is 5.57. The van der Waals surface area contributed by atoms with Crippen molar-refractivity contribution in [3.8, 4) is 0 Å². The molecule has 0 bridgehead atoms. The molecule has 0 aromatic heterocycles. The lowest BCUT2D eigenvalue weighted by molar-refractivity contribution is -0.227. The molecule has 0 radical (unpaired) electrons. The van der Waals surface area contributed by atoms with Crippen LogP contribution in [-0.2, 0) is 26.6 Å². The number of amidine groups is 1. The first-order valence-electron chi connectivity index (χ1n) is 12.7. The van der Waals surface area contributed by atoms with E-state index in [2.05, 4.69) is 10.5 Å². The summed E-state index contributed by atoms with van der Waals surface area (Å²) in [5, 5.41) is 3.82. The van der Waals surface area contributed by atoms with Gasteiger partial charge < -0.3 is 19.9 Å². The van der Waals surface area contributed by atoms with Gasteiger partial charge in [-0.15, -0.1) is 0 Å². The standard InChI is InChI=1S/C27H31F7N4O4/c1-15(17-11-18(26(29,30)31)13-19(12-17)27(32,33)34)41-23-22(16-5-7-20(28)8-6-16)38(9-10-40-23)14-21(35)36-37-24(39)42-25(2,3)4/h5-8,11-13,15,22-23H,9-10,14H2,1-4H3,(H2,35,36)(H,37,39)/t15-,22+,23-/m1/s1. The minimum Gasteiger partial charge on any atom is -0.443 e. The van der Waals surface area contributed by atoms with E-state index in [0.29, 0.717) is 17.7 Å². The Kier molecular flexibility index (Phi) is 10.1. The first-order chi connectivity index (χ1) is 19.3. The zero-order valence-electron chi connectivity index (χ0n) is 23.1. The van der Waals surface area contributed by atoms with Crippen molar-refractivity contribution in [1.29, 1.82) is 0 Å². The van der Waals surface area contributed by atoms with Crippen LogP contribution in [0.15, 0.2) is 47.6 Å². The average Bonchev–Trinajstić information content (AvgIpc) is 2.86. The lowest BCUT2D eigenvalue weighted by atomic mass is 10.0. The van der Waals surface area contributed by atoms with Gasteiger partial charge >= 0.3 is 18.4 Å². The first kappa shape index (κ1) is 33.1. The van der Waals surface area contributed by atoms with Crippen molar-refractivity contribution in [2.24, 2.45) is 10.8 Å². The number of halogens is 7. The molecule has 0 aliphatic carbocycles. The number of alkyl halides is 6. The largest absolute Gasteiger partial charge is 0.443 e. The molecule has 3 rings (SSSR count). The summed E-state index contributed by atoms with van der Waals surface area (Å²) in [5.41, 5.74) is 4.52. The number of nitrogens with one attached hydrogen (secondary N) is 1. The molecule has 232 valence electrons. The van der Waals surface area contributed by atoms with Crippen molar-refractivity contribution in [2.75, 3.05) is 19.7 Å². The van der Waals surface area contributed by atoms with Gasteiger partial charge in [-0.05, 0) is 69.2 Å². The number of amides is 1. The van der Waals surface area contributed by atoms with Crippen molar-refractivity contribution in [2.45, 2.75) is 64.1 Å². The third kappa shape index (κ3) is 9.29. The SMILES string of the molecule is C[C@@H](O[C@H]1OCCN(C/C(N)=N\NC(=O)OC(C)(C)C)[C@H]1c1ccc(F)cc1)c1cc(C(F)(F)F)cc(C(F)(F)F)c1. The van der Waals surface area contributed by atoms with Crippen LogP contribution < -0.4 is 11.2 Å². The molecule has 42 heavy (non-hydrogen) atoms. The zero-order chi connectivity index (χ0) is 31.5.